The molecule has 0 saturated carbocycles. The third-order valence-corrected chi connectivity index (χ3v) is 5.91. The van der Waals surface area contributed by atoms with Crippen LogP contribution >= 0.6 is 0 Å². The molecule has 2 aromatic rings. The summed E-state index contributed by atoms with van der Waals surface area (Å²) in [5, 5.41) is 2.89. The van der Waals surface area contributed by atoms with Crippen molar-refractivity contribution < 1.29 is 18.0 Å². The molecule has 0 radical (unpaired) electrons. The van der Waals surface area contributed by atoms with Gasteiger partial charge in [0.05, 0.1) is 11.8 Å². The van der Waals surface area contributed by atoms with E-state index in [0.717, 1.165) is 0 Å². The van der Waals surface area contributed by atoms with E-state index in [1.165, 1.54) is 10.6 Å². The number of sulfonamides is 1. The predicted molar refractivity (Wildman–Crippen MR) is 103 cm³/mol. The first-order chi connectivity index (χ1) is 12.9. The number of benzene rings is 2. The van der Waals surface area contributed by atoms with Crippen molar-refractivity contribution in [2.75, 3.05) is 19.3 Å². The second-order valence-corrected chi connectivity index (χ2v) is 8.66. The summed E-state index contributed by atoms with van der Waals surface area (Å²) < 4.78 is 24.9. The number of carbonyl (C=O) groups is 2. The quantitative estimate of drug-likeness (QED) is 0.798. The molecule has 27 heavy (non-hydrogen) atoms. The molecule has 0 aromatic heterocycles. The highest BCUT2D eigenvalue weighted by atomic mass is 32.2. The first-order valence-electron chi connectivity index (χ1n) is 8.81. The smallest absolute Gasteiger partial charge is 0.252 e. The minimum absolute atomic E-state index is 0.220. The maximum absolute atomic E-state index is 12.8. The second kappa shape index (κ2) is 8.02. The van der Waals surface area contributed by atoms with Crippen molar-refractivity contribution in [1.29, 1.82) is 0 Å². The van der Waals surface area contributed by atoms with Gasteiger partial charge < -0.3 is 5.32 Å². The molecule has 6 nitrogen and oxygen atoms in total. The molecular weight excluding hydrogens is 364 g/mol. The van der Waals surface area contributed by atoms with Crippen LogP contribution in [0.25, 0.3) is 0 Å². The molecular formula is C20H22N2O4S. The molecule has 0 spiro atoms. The van der Waals surface area contributed by atoms with E-state index in [1.54, 1.807) is 48.5 Å². The zero-order valence-electron chi connectivity index (χ0n) is 15.1. The summed E-state index contributed by atoms with van der Waals surface area (Å²) in [4.78, 5) is 25.6. The zero-order chi connectivity index (χ0) is 19.4. The van der Waals surface area contributed by atoms with Gasteiger partial charge in [0, 0.05) is 30.3 Å². The van der Waals surface area contributed by atoms with Crippen LogP contribution in [-0.4, -0.2) is 49.8 Å². The Bertz CT molecular complexity index is 941. The molecule has 1 N–H and O–H groups in total. The largest absolute Gasteiger partial charge is 0.348 e. The lowest BCUT2D eigenvalue weighted by molar-refractivity contribution is 0.0912. The highest BCUT2D eigenvalue weighted by Gasteiger charge is 2.28. The van der Waals surface area contributed by atoms with E-state index in [-0.39, 0.29) is 24.3 Å². The molecule has 1 fully saturated rings. The van der Waals surface area contributed by atoms with Crippen molar-refractivity contribution in [2.24, 2.45) is 0 Å². The van der Waals surface area contributed by atoms with Crippen molar-refractivity contribution in [3.63, 3.8) is 0 Å². The highest BCUT2D eigenvalue weighted by molar-refractivity contribution is 7.88. The fourth-order valence-electron chi connectivity index (χ4n) is 3.25. The molecule has 1 heterocycles. The fourth-order valence-corrected chi connectivity index (χ4v) is 4.16. The van der Waals surface area contributed by atoms with Gasteiger partial charge in [0.15, 0.2) is 5.78 Å². The molecule has 7 heteroatoms. The van der Waals surface area contributed by atoms with Crippen LogP contribution in [0, 0.1) is 0 Å². The van der Waals surface area contributed by atoms with Crippen molar-refractivity contribution >= 4 is 21.7 Å². The van der Waals surface area contributed by atoms with Gasteiger partial charge in [-0.3, -0.25) is 9.59 Å². The van der Waals surface area contributed by atoms with Crippen molar-refractivity contribution in [3.05, 3.63) is 71.3 Å². The first kappa shape index (κ1) is 19.3. The number of nitrogens with one attached hydrogen (secondary N) is 1. The van der Waals surface area contributed by atoms with E-state index in [9.17, 15) is 18.0 Å². The molecule has 0 bridgehead atoms. The number of hydrogen-bond donors (Lipinski definition) is 1. The Labute approximate surface area is 159 Å². The average molecular weight is 386 g/mol. The minimum Gasteiger partial charge on any atom is -0.348 e. The van der Waals surface area contributed by atoms with Gasteiger partial charge in [0.25, 0.3) is 5.91 Å². The van der Waals surface area contributed by atoms with E-state index in [4.69, 9.17) is 0 Å². The first-order valence-corrected chi connectivity index (χ1v) is 10.7. The van der Waals surface area contributed by atoms with Crippen LogP contribution in [0.15, 0.2) is 54.6 Å². The third kappa shape index (κ3) is 4.61. The van der Waals surface area contributed by atoms with Gasteiger partial charge in [-0.1, -0.05) is 48.5 Å². The van der Waals surface area contributed by atoms with Gasteiger partial charge >= 0.3 is 0 Å². The zero-order valence-corrected chi connectivity index (χ0v) is 15.9. The summed E-state index contributed by atoms with van der Waals surface area (Å²) in [5.41, 5.74) is 1.14. The minimum atomic E-state index is -3.29. The average Bonchev–Trinajstić information content (AvgIpc) is 2.67. The molecule has 1 saturated heterocycles. The van der Waals surface area contributed by atoms with E-state index in [2.05, 4.69) is 5.32 Å². The Morgan fingerprint density at radius 1 is 1.00 bits per heavy atom. The summed E-state index contributed by atoms with van der Waals surface area (Å²) in [7, 11) is -3.29. The standard InChI is InChI=1S/C20H22N2O4S/c1-27(25,26)22-13-7-10-16(14-22)21-20(24)18-12-6-5-11-17(18)19(23)15-8-3-2-4-9-15/h2-6,8-9,11-12,16H,7,10,13-14H2,1H3,(H,21,24). The van der Waals surface area contributed by atoms with E-state index in [1.807, 2.05) is 6.07 Å². The van der Waals surface area contributed by atoms with Gasteiger partial charge in [-0.2, -0.15) is 0 Å². The van der Waals surface area contributed by atoms with Gasteiger partial charge in [-0.25, -0.2) is 12.7 Å². The Kier molecular flexibility index (Phi) is 5.72. The molecule has 1 aliphatic rings. The number of rotatable bonds is 5. The summed E-state index contributed by atoms with van der Waals surface area (Å²) in [6, 6.07) is 15.2. The summed E-state index contributed by atoms with van der Waals surface area (Å²) in [6.45, 7) is 0.716. The van der Waals surface area contributed by atoms with Crippen LogP contribution in [0.5, 0.6) is 0 Å². The number of amides is 1. The summed E-state index contributed by atoms with van der Waals surface area (Å²) >= 11 is 0. The van der Waals surface area contributed by atoms with Crippen LogP contribution in [0.2, 0.25) is 0 Å². The Hall–Kier alpha value is -2.51. The number of ketones is 1. The monoisotopic (exact) mass is 386 g/mol. The Morgan fingerprint density at radius 3 is 2.30 bits per heavy atom. The van der Waals surface area contributed by atoms with Gasteiger partial charge in [0.2, 0.25) is 10.0 Å². The van der Waals surface area contributed by atoms with Crippen LogP contribution in [0.4, 0.5) is 0 Å². The fraction of sp³-hybridized carbons (Fsp3) is 0.300. The van der Waals surface area contributed by atoms with Gasteiger partial charge in [-0.15, -0.1) is 0 Å². The molecule has 3 rings (SSSR count). The van der Waals surface area contributed by atoms with Crippen LogP contribution < -0.4 is 5.32 Å². The molecule has 1 atom stereocenters. The predicted octanol–water partition coefficient (Wildman–Crippen LogP) is 2.07. The summed E-state index contributed by atoms with van der Waals surface area (Å²) in [6.07, 6.45) is 2.56. The maximum atomic E-state index is 12.8. The van der Waals surface area contributed by atoms with Gasteiger partial charge in [-0.05, 0) is 18.9 Å². The Morgan fingerprint density at radius 2 is 1.63 bits per heavy atom. The number of piperidine rings is 1. The number of hydrogen-bond acceptors (Lipinski definition) is 4. The number of carbonyl (C=O) groups excluding carboxylic acids is 2. The summed E-state index contributed by atoms with van der Waals surface area (Å²) in [5.74, 6) is -0.585. The molecule has 1 aliphatic heterocycles. The maximum Gasteiger partial charge on any atom is 0.252 e. The van der Waals surface area contributed by atoms with Crippen LogP contribution in [0.1, 0.15) is 39.1 Å². The number of nitrogens with zero attached hydrogens (tertiary/aromatic N) is 1. The topological polar surface area (TPSA) is 83.6 Å². The Balaban J connectivity index is 1.79. The highest BCUT2D eigenvalue weighted by Crippen LogP contribution is 2.17. The van der Waals surface area contributed by atoms with Crippen LogP contribution in [-0.2, 0) is 10.0 Å². The SMILES string of the molecule is CS(=O)(=O)N1CCCC(NC(=O)c2ccccc2C(=O)c2ccccc2)C1. The third-order valence-electron chi connectivity index (χ3n) is 4.64. The van der Waals surface area contributed by atoms with E-state index in [0.29, 0.717) is 36.1 Å². The second-order valence-electron chi connectivity index (χ2n) is 6.67. The molecule has 142 valence electrons. The van der Waals surface area contributed by atoms with Gasteiger partial charge in [0.1, 0.15) is 0 Å². The van der Waals surface area contributed by atoms with E-state index < -0.39 is 10.0 Å². The lowest BCUT2D eigenvalue weighted by atomic mass is 9.97. The molecule has 2 aromatic carbocycles. The normalized spacial score (nSPS) is 18.0. The van der Waals surface area contributed by atoms with Crippen molar-refractivity contribution in [2.45, 2.75) is 18.9 Å². The lowest BCUT2D eigenvalue weighted by Crippen LogP contribution is -2.49. The van der Waals surface area contributed by atoms with Crippen molar-refractivity contribution in [1.82, 2.24) is 9.62 Å². The van der Waals surface area contributed by atoms with E-state index >= 15 is 0 Å². The van der Waals surface area contributed by atoms with Crippen LogP contribution in [0.3, 0.4) is 0 Å². The molecule has 0 aliphatic carbocycles. The molecule has 1 unspecified atom stereocenters. The molecule has 1 amide bonds. The lowest BCUT2D eigenvalue weighted by Gasteiger charge is -2.31. The van der Waals surface area contributed by atoms with Crippen molar-refractivity contribution in [3.8, 4) is 0 Å².